The first-order valence-electron chi connectivity index (χ1n) is 13.9. The topological polar surface area (TPSA) is 86.9 Å². The molecule has 0 spiro atoms. The largest absolute Gasteiger partial charge is 0.389 e. The number of aliphatic hydroxyl groups is 1. The molecule has 0 saturated carbocycles. The number of halogens is 1. The van der Waals surface area contributed by atoms with Gasteiger partial charge in [-0.25, -0.2) is 4.98 Å². The highest BCUT2D eigenvalue weighted by atomic mass is 35.5. The summed E-state index contributed by atoms with van der Waals surface area (Å²) >= 11 is 7.52. The molecular weight excluding hydrogens is 544 g/mol. The monoisotopic (exact) mass is 576 g/mol. The molecule has 2 fully saturated rings. The number of rotatable bonds is 6. The molecule has 3 heterocycles. The van der Waals surface area contributed by atoms with Gasteiger partial charge in [0.25, 0.3) is 0 Å². The van der Waals surface area contributed by atoms with E-state index in [0.717, 1.165) is 56.1 Å². The maximum Gasteiger partial charge on any atom is 0.236 e. The SMILES string of the molecule is CN(c1nc(-c2ccc(Cl)cc2)c(C#N)s1)C1CCCc2ccc(N3CCN(CC(=O)N4CC(O)C4)CC3)cc21. The van der Waals surface area contributed by atoms with Gasteiger partial charge in [0.15, 0.2) is 5.13 Å². The van der Waals surface area contributed by atoms with E-state index in [2.05, 4.69) is 46.0 Å². The predicted molar refractivity (Wildman–Crippen MR) is 159 cm³/mol. The van der Waals surface area contributed by atoms with Gasteiger partial charge < -0.3 is 19.8 Å². The van der Waals surface area contributed by atoms with Gasteiger partial charge in [0.1, 0.15) is 16.6 Å². The number of nitriles is 1. The number of piperazine rings is 1. The van der Waals surface area contributed by atoms with Gasteiger partial charge in [-0.05, 0) is 54.7 Å². The number of carbonyl (C=O) groups excluding carboxylic acids is 1. The van der Waals surface area contributed by atoms with Gasteiger partial charge in [0.2, 0.25) is 5.91 Å². The van der Waals surface area contributed by atoms with Crippen molar-refractivity contribution >= 4 is 39.7 Å². The molecule has 208 valence electrons. The Morgan fingerprint density at radius 3 is 2.62 bits per heavy atom. The molecular formula is C30H33ClN6O2S. The summed E-state index contributed by atoms with van der Waals surface area (Å²) in [5, 5.41) is 20.8. The van der Waals surface area contributed by atoms with E-state index in [0.29, 0.717) is 35.2 Å². The summed E-state index contributed by atoms with van der Waals surface area (Å²) in [6.45, 7) is 4.77. The Labute approximate surface area is 244 Å². The Morgan fingerprint density at radius 1 is 1.18 bits per heavy atom. The Kier molecular flexibility index (Phi) is 7.69. The lowest BCUT2D eigenvalue weighted by atomic mass is 9.86. The molecule has 6 rings (SSSR count). The molecule has 0 radical (unpaired) electrons. The maximum atomic E-state index is 12.4. The van der Waals surface area contributed by atoms with Crippen molar-refractivity contribution in [2.45, 2.75) is 31.4 Å². The molecule has 1 N–H and O–H groups in total. The van der Waals surface area contributed by atoms with Crippen molar-refractivity contribution in [3.05, 3.63) is 63.5 Å². The van der Waals surface area contributed by atoms with Gasteiger partial charge in [-0.3, -0.25) is 9.69 Å². The summed E-state index contributed by atoms with van der Waals surface area (Å²) in [5.41, 5.74) is 5.53. The van der Waals surface area contributed by atoms with Crippen molar-refractivity contribution in [2.75, 3.05) is 62.7 Å². The maximum absolute atomic E-state index is 12.4. The van der Waals surface area contributed by atoms with Crippen LogP contribution in [0.3, 0.4) is 0 Å². The van der Waals surface area contributed by atoms with E-state index in [4.69, 9.17) is 16.6 Å². The number of hydrogen-bond acceptors (Lipinski definition) is 8. The minimum atomic E-state index is -0.359. The zero-order valence-electron chi connectivity index (χ0n) is 22.6. The van der Waals surface area contributed by atoms with E-state index in [1.807, 2.05) is 24.3 Å². The molecule has 0 bridgehead atoms. The highest BCUT2D eigenvalue weighted by Crippen LogP contribution is 2.41. The number of aliphatic hydroxyl groups excluding tert-OH is 1. The number of nitrogens with zero attached hydrogens (tertiary/aromatic N) is 6. The third-order valence-corrected chi connectivity index (χ3v) is 9.63. The van der Waals surface area contributed by atoms with E-state index in [-0.39, 0.29) is 18.1 Å². The number of fused-ring (bicyclic) bond motifs is 1. The molecule has 1 amide bonds. The number of carbonyl (C=O) groups is 1. The van der Waals surface area contributed by atoms with Crippen LogP contribution in [0.2, 0.25) is 5.02 Å². The molecule has 2 aliphatic heterocycles. The lowest BCUT2D eigenvalue weighted by molar-refractivity contribution is -0.142. The van der Waals surface area contributed by atoms with Crippen LogP contribution in [0, 0.1) is 11.3 Å². The van der Waals surface area contributed by atoms with E-state index in [1.165, 1.54) is 28.2 Å². The summed E-state index contributed by atoms with van der Waals surface area (Å²) < 4.78 is 0. The summed E-state index contributed by atoms with van der Waals surface area (Å²) in [7, 11) is 2.09. The minimum Gasteiger partial charge on any atom is -0.389 e. The van der Waals surface area contributed by atoms with Crippen molar-refractivity contribution in [3.63, 3.8) is 0 Å². The van der Waals surface area contributed by atoms with Crippen LogP contribution in [0.4, 0.5) is 10.8 Å². The van der Waals surface area contributed by atoms with Gasteiger partial charge >= 0.3 is 0 Å². The molecule has 1 aliphatic carbocycles. The highest BCUT2D eigenvalue weighted by Gasteiger charge is 2.31. The number of thiazole rings is 1. The fourth-order valence-electron chi connectivity index (χ4n) is 5.95. The second-order valence-corrected chi connectivity index (χ2v) is 12.3. The van der Waals surface area contributed by atoms with Crippen molar-refractivity contribution in [1.29, 1.82) is 5.26 Å². The molecule has 2 saturated heterocycles. The Bertz CT molecular complexity index is 1420. The summed E-state index contributed by atoms with van der Waals surface area (Å²) in [6, 6.07) is 16.9. The smallest absolute Gasteiger partial charge is 0.236 e. The fraction of sp³-hybridized carbons (Fsp3) is 0.433. The lowest BCUT2D eigenvalue weighted by Gasteiger charge is -2.40. The van der Waals surface area contributed by atoms with Gasteiger partial charge in [-0.15, -0.1) is 0 Å². The summed E-state index contributed by atoms with van der Waals surface area (Å²) in [5.74, 6) is 0.111. The number of aromatic nitrogens is 1. The molecule has 1 aromatic heterocycles. The number of anilines is 2. The first-order valence-corrected chi connectivity index (χ1v) is 15.0. The molecule has 8 nitrogen and oxygen atoms in total. The Hall–Kier alpha value is -3.16. The van der Waals surface area contributed by atoms with Crippen molar-refractivity contribution in [2.24, 2.45) is 0 Å². The second kappa shape index (κ2) is 11.4. The molecule has 1 atom stereocenters. The quantitative estimate of drug-likeness (QED) is 0.471. The van der Waals surface area contributed by atoms with Crippen LogP contribution in [0.15, 0.2) is 42.5 Å². The first-order chi connectivity index (χ1) is 19.4. The average molecular weight is 577 g/mol. The van der Waals surface area contributed by atoms with Gasteiger partial charge in [0, 0.05) is 62.6 Å². The zero-order valence-corrected chi connectivity index (χ0v) is 24.2. The standard InChI is InChI=1S/C30H33ClN6O2S/c1-34(30-33-29(27(16-32)40-30)21-5-8-22(31)9-6-21)26-4-2-3-20-7-10-23(15-25(20)26)36-13-11-35(12-14-36)19-28(39)37-17-24(38)18-37/h5-10,15,24,26,38H,2-4,11-14,17-19H2,1H3. The number of hydrogen-bond donors (Lipinski definition) is 1. The van der Waals surface area contributed by atoms with Crippen LogP contribution in [0.5, 0.6) is 0 Å². The molecule has 3 aromatic rings. The highest BCUT2D eigenvalue weighted by molar-refractivity contribution is 7.16. The first kappa shape index (κ1) is 27.0. The lowest BCUT2D eigenvalue weighted by Crippen LogP contribution is -2.57. The third-order valence-electron chi connectivity index (χ3n) is 8.33. The van der Waals surface area contributed by atoms with Gasteiger partial charge in [-0.2, -0.15) is 5.26 Å². The van der Waals surface area contributed by atoms with E-state index < -0.39 is 0 Å². The predicted octanol–water partition coefficient (Wildman–Crippen LogP) is 4.17. The van der Waals surface area contributed by atoms with Crippen molar-refractivity contribution in [1.82, 2.24) is 14.8 Å². The van der Waals surface area contributed by atoms with Crippen LogP contribution >= 0.6 is 22.9 Å². The Morgan fingerprint density at radius 2 is 1.93 bits per heavy atom. The van der Waals surface area contributed by atoms with E-state index >= 15 is 0 Å². The summed E-state index contributed by atoms with van der Waals surface area (Å²) in [6.07, 6.45) is 2.86. The molecule has 10 heteroatoms. The van der Waals surface area contributed by atoms with Crippen LogP contribution in [0.25, 0.3) is 11.3 Å². The van der Waals surface area contributed by atoms with Gasteiger partial charge in [0.05, 0.1) is 18.7 Å². The van der Waals surface area contributed by atoms with Crippen LogP contribution in [-0.2, 0) is 11.2 Å². The number of likely N-dealkylation sites (tertiary alicyclic amines) is 1. The second-order valence-electron chi connectivity index (χ2n) is 10.9. The van der Waals surface area contributed by atoms with E-state index in [1.54, 1.807) is 4.90 Å². The fourth-order valence-corrected chi connectivity index (χ4v) is 6.97. The number of benzene rings is 2. The van der Waals surface area contributed by atoms with Crippen LogP contribution < -0.4 is 9.80 Å². The van der Waals surface area contributed by atoms with Crippen LogP contribution in [-0.4, -0.2) is 84.8 Å². The van der Waals surface area contributed by atoms with Crippen molar-refractivity contribution < 1.29 is 9.90 Å². The molecule has 2 aromatic carbocycles. The van der Waals surface area contributed by atoms with E-state index in [9.17, 15) is 15.2 Å². The molecule has 1 unspecified atom stereocenters. The number of β-amino-alcohol motifs (C(OH)–C–C–N with tert-alkyl or cyclic N) is 1. The number of aryl methyl sites for hydroxylation is 1. The van der Waals surface area contributed by atoms with Crippen molar-refractivity contribution in [3.8, 4) is 17.3 Å². The third kappa shape index (κ3) is 5.41. The molecule has 40 heavy (non-hydrogen) atoms. The van der Waals surface area contributed by atoms with Gasteiger partial charge in [-0.1, -0.05) is 41.1 Å². The zero-order chi connectivity index (χ0) is 27.8. The minimum absolute atomic E-state index is 0.111. The normalized spacial score (nSPS) is 19.6. The number of amides is 1. The Balaban J connectivity index is 1.17. The average Bonchev–Trinajstić information content (AvgIpc) is 3.40. The van der Waals surface area contributed by atoms with Crippen LogP contribution in [0.1, 0.15) is 34.9 Å². The summed E-state index contributed by atoms with van der Waals surface area (Å²) in [4.78, 5) is 26.6. The molecule has 3 aliphatic rings.